The quantitative estimate of drug-likeness (QED) is 0.623. The smallest absolute Gasteiger partial charge is 0.239 e. The predicted octanol–water partition coefficient (Wildman–Crippen LogP) is 2.87. The SMILES string of the molecule is Cc1ccc(NC(=O)CN(C)CC(=O)NCC(c2ccccc2Cl)N2CCCC2)nc1. The summed E-state index contributed by atoms with van der Waals surface area (Å²) in [5.74, 6) is 0.166. The van der Waals surface area contributed by atoms with E-state index >= 15 is 0 Å². The minimum atomic E-state index is -0.210. The summed E-state index contributed by atoms with van der Waals surface area (Å²) in [6.45, 7) is 4.64. The number of carbonyl (C=O) groups is 2. The summed E-state index contributed by atoms with van der Waals surface area (Å²) in [6.07, 6.45) is 4.01. The van der Waals surface area contributed by atoms with Crippen LogP contribution >= 0.6 is 11.6 Å². The lowest BCUT2D eigenvalue weighted by atomic mass is 10.1. The van der Waals surface area contributed by atoms with Crippen molar-refractivity contribution in [1.29, 1.82) is 0 Å². The monoisotopic (exact) mass is 443 g/mol. The number of amides is 2. The molecule has 2 heterocycles. The number of hydrogen-bond donors (Lipinski definition) is 2. The van der Waals surface area contributed by atoms with Gasteiger partial charge in [-0.1, -0.05) is 35.9 Å². The zero-order valence-electron chi connectivity index (χ0n) is 18.1. The molecule has 0 saturated carbocycles. The van der Waals surface area contributed by atoms with Crippen molar-refractivity contribution in [2.24, 2.45) is 0 Å². The Labute approximate surface area is 188 Å². The normalized spacial score (nSPS) is 15.1. The molecule has 2 N–H and O–H groups in total. The van der Waals surface area contributed by atoms with Crippen LogP contribution in [0, 0.1) is 6.92 Å². The Morgan fingerprint density at radius 3 is 2.52 bits per heavy atom. The molecule has 1 aliphatic rings. The van der Waals surface area contributed by atoms with Gasteiger partial charge in [0.15, 0.2) is 0 Å². The van der Waals surface area contributed by atoms with E-state index in [9.17, 15) is 9.59 Å². The van der Waals surface area contributed by atoms with Crippen LogP contribution in [-0.2, 0) is 9.59 Å². The molecule has 0 radical (unpaired) electrons. The lowest BCUT2D eigenvalue weighted by Gasteiger charge is -2.29. The highest BCUT2D eigenvalue weighted by atomic mass is 35.5. The highest BCUT2D eigenvalue weighted by Crippen LogP contribution is 2.29. The van der Waals surface area contributed by atoms with Crippen LogP contribution in [0.15, 0.2) is 42.6 Å². The van der Waals surface area contributed by atoms with Crippen molar-refractivity contribution in [2.75, 3.05) is 45.1 Å². The van der Waals surface area contributed by atoms with Crippen molar-refractivity contribution in [3.8, 4) is 0 Å². The molecular weight excluding hydrogens is 414 g/mol. The van der Waals surface area contributed by atoms with Gasteiger partial charge in [-0.3, -0.25) is 19.4 Å². The number of carbonyl (C=O) groups excluding carboxylic acids is 2. The molecule has 0 spiro atoms. The Balaban J connectivity index is 1.49. The van der Waals surface area contributed by atoms with Gasteiger partial charge in [-0.15, -0.1) is 0 Å². The number of pyridine rings is 1. The molecule has 1 saturated heterocycles. The lowest BCUT2D eigenvalue weighted by molar-refractivity contribution is -0.123. The van der Waals surface area contributed by atoms with Gasteiger partial charge in [-0.25, -0.2) is 4.98 Å². The number of rotatable bonds is 9. The number of aromatic nitrogens is 1. The number of nitrogens with one attached hydrogen (secondary N) is 2. The number of likely N-dealkylation sites (N-methyl/N-ethyl adjacent to an activating group) is 1. The van der Waals surface area contributed by atoms with Gasteiger partial charge in [-0.05, 0) is 63.2 Å². The Morgan fingerprint density at radius 2 is 1.84 bits per heavy atom. The molecule has 0 bridgehead atoms. The summed E-state index contributed by atoms with van der Waals surface area (Å²) in [7, 11) is 1.74. The molecule has 1 unspecified atom stereocenters. The Hall–Kier alpha value is -2.48. The Bertz CT molecular complexity index is 884. The predicted molar refractivity (Wildman–Crippen MR) is 123 cm³/mol. The topological polar surface area (TPSA) is 77.6 Å². The van der Waals surface area contributed by atoms with Crippen molar-refractivity contribution < 1.29 is 9.59 Å². The maximum Gasteiger partial charge on any atom is 0.239 e. The van der Waals surface area contributed by atoms with Gasteiger partial charge in [0.05, 0.1) is 19.1 Å². The van der Waals surface area contributed by atoms with Crippen molar-refractivity contribution in [3.63, 3.8) is 0 Å². The van der Waals surface area contributed by atoms with Crippen molar-refractivity contribution in [2.45, 2.75) is 25.8 Å². The second-order valence-corrected chi connectivity index (χ2v) is 8.43. The lowest BCUT2D eigenvalue weighted by Crippen LogP contribution is -2.42. The van der Waals surface area contributed by atoms with E-state index < -0.39 is 0 Å². The van der Waals surface area contributed by atoms with E-state index in [0.29, 0.717) is 17.4 Å². The summed E-state index contributed by atoms with van der Waals surface area (Å²) in [4.78, 5) is 32.9. The first-order valence-electron chi connectivity index (χ1n) is 10.6. The number of halogens is 1. The Kier molecular flexibility index (Phi) is 8.40. The van der Waals surface area contributed by atoms with E-state index in [1.165, 1.54) is 0 Å². The highest BCUT2D eigenvalue weighted by Gasteiger charge is 2.25. The molecular formula is C23H30ClN5O2. The van der Waals surface area contributed by atoms with Crippen LogP contribution in [0.5, 0.6) is 0 Å². The van der Waals surface area contributed by atoms with E-state index in [1.54, 1.807) is 24.2 Å². The molecule has 1 fully saturated rings. The zero-order valence-corrected chi connectivity index (χ0v) is 18.9. The minimum absolute atomic E-state index is 0.0429. The van der Waals surface area contributed by atoms with Gasteiger partial charge >= 0.3 is 0 Å². The molecule has 1 aromatic carbocycles. The van der Waals surface area contributed by atoms with Gasteiger partial charge in [0.1, 0.15) is 5.82 Å². The summed E-state index contributed by atoms with van der Waals surface area (Å²) in [6, 6.07) is 11.5. The molecule has 1 atom stereocenters. The Morgan fingerprint density at radius 1 is 1.13 bits per heavy atom. The van der Waals surface area contributed by atoms with Crippen molar-refractivity contribution in [1.82, 2.24) is 20.1 Å². The first kappa shape index (κ1) is 23.2. The number of anilines is 1. The third kappa shape index (κ3) is 7.02. The van der Waals surface area contributed by atoms with Crippen LogP contribution in [0.3, 0.4) is 0 Å². The number of likely N-dealkylation sites (tertiary alicyclic amines) is 1. The van der Waals surface area contributed by atoms with Crippen LogP contribution < -0.4 is 10.6 Å². The number of aryl methyl sites for hydroxylation is 1. The van der Waals surface area contributed by atoms with E-state index in [2.05, 4.69) is 20.5 Å². The molecule has 3 rings (SSSR count). The van der Waals surface area contributed by atoms with Gasteiger partial charge in [0.2, 0.25) is 11.8 Å². The number of benzene rings is 1. The fourth-order valence-corrected chi connectivity index (χ4v) is 4.03. The molecule has 166 valence electrons. The van der Waals surface area contributed by atoms with Crippen LogP contribution in [0.25, 0.3) is 0 Å². The first-order chi connectivity index (χ1) is 14.9. The van der Waals surface area contributed by atoms with Gasteiger partial charge in [0, 0.05) is 17.8 Å². The highest BCUT2D eigenvalue weighted by molar-refractivity contribution is 6.31. The number of hydrogen-bond acceptors (Lipinski definition) is 5. The standard InChI is InChI=1S/C23H30ClN5O2/c1-17-9-10-21(25-13-17)27-23(31)16-28(2)15-22(30)26-14-20(29-11-5-6-12-29)18-7-3-4-8-19(18)24/h3-4,7-10,13,20H,5-6,11-12,14-16H2,1-2H3,(H,26,30)(H,25,27,31). The maximum absolute atomic E-state index is 12.5. The third-order valence-corrected chi connectivity index (χ3v) is 5.69. The largest absolute Gasteiger partial charge is 0.353 e. The third-order valence-electron chi connectivity index (χ3n) is 5.34. The fourth-order valence-electron chi connectivity index (χ4n) is 3.77. The van der Waals surface area contributed by atoms with Crippen LogP contribution in [0.1, 0.15) is 30.0 Å². The van der Waals surface area contributed by atoms with Crippen LogP contribution in [0.2, 0.25) is 5.02 Å². The first-order valence-corrected chi connectivity index (χ1v) is 11.0. The zero-order chi connectivity index (χ0) is 22.2. The summed E-state index contributed by atoms with van der Waals surface area (Å²) >= 11 is 6.43. The fraction of sp³-hybridized carbons (Fsp3) is 0.435. The molecule has 2 amide bonds. The van der Waals surface area contributed by atoms with Gasteiger partial charge in [0.25, 0.3) is 0 Å². The summed E-state index contributed by atoms with van der Waals surface area (Å²) in [5, 5.41) is 6.48. The van der Waals surface area contributed by atoms with Crippen molar-refractivity contribution >= 4 is 29.2 Å². The molecule has 1 aliphatic heterocycles. The molecule has 0 aliphatic carbocycles. The van der Waals surface area contributed by atoms with E-state index in [4.69, 9.17) is 11.6 Å². The average Bonchev–Trinajstić information content (AvgIpc) is 3.25. The molecule has 8 heteroatoms. The van der Waals surface area contributed by atoms with Crippen molar-refractivity contribution in [3.05, 3.63) is 58.7 Å². The summed E-state index contributed by atoms with van der Waals surface area (Å²) < 4.78 is 0. The molecule has 7 nitrogen and oxygen atoms in total. The summed E-state index contributed by atoms with van der Waals surface area (Å²) in [5.41, 5.74) is 2.06. The van der Waals surface area contributed by atoms with E-state index in [-0.39, 0.29) is 30.9 Å². The molecule has 31 heavy (non-hydrogen) atoms. The number of nitrogens with zero attached hydrogens (tertiary/aromatic N) is 3. The van der Waals surface area contributed by atoms with Gasteiger partial charge in [-0.2, -0.15) is 0 Å². The van der Waals surface area contributed by atoms with Crippen LogP contribution in [-0.4, -0.2) is 66.4 Å². The second-order valence-electron chi connectivity index (χ2n) is 8.03. The molecule has 2 aromatic rings. The average molecular weight is 444 g/mol. The van der Waals surface area contributed by atoms with Gasteiger partial charge < -0.3 is 10.6 Å². The maximum atomic E-state index is 12.5. The van der Waals surface area contributed by atoms with E-state index in [0.717, 1.165) is 37.1 Å². The van der Waals surface area contributed by atoms with E-state index in [1.807, 2.05) is 37.3 Å². The van der Waals surface area contributed by atoms with Crippen LogP contribution in [0.4, 0.5) is 5.82 Å². The molecule has 1 aromatic heterocycles. The second kappa shape index (κ2) is 11.2. The minimum Gasteiger partial charge on any atom is -0.353 e.